The summed E-state index contributed by atoms with van der Waals surface area (Å²) in [5.41, 5.74) is 5.16. The van der Waals surface area contributed by atoms with Gasteiger partial charge in [0, 0.05) is 13.7 Å². The van der Waals surface area contributed by atoms with E-state index in [9.17, 15) is 4.79 Å². The third kappa shape index (κ3) is 3.77. The fourth-order valence-electron chi connectivity index (χ4n) is 0.304. The molecule has 3 nitrogen and oxygen atoms in total. The van der Waals surface area contributed by atoms with Gasteiger partial charge in [0.2, 0.25) is 6.29 Å². The summed E-state index contributed by atoms with van der Waals surface area (Å²) < 4.78 is 4.66. The molecule has 0 aromatic rings. The lowest BCUT2D eigenvalue weighted by atomic mass is 10.3. The standard InChI is InChI=1S/C5H10NO2/c1-8-3-2-5(6)4-7/h5H,2-3,6H2,1H3/t5-/m1/s1. The molecule has 2 N–H and O–H groups in total. The second-order valence-electron chi connectivity index (χ2n) is 1.51. The van der Waals surface area contributed by atoms with Crippen molar-refractivity contribution in [2.24, 2.45) is 5.73 Å². The van der Waals surface area contributed by atoms with Gasteiger partial charge in [-0.3, -0.25) is 4.79 Å². The first-order valence-corrected chi connectivity index (χ1v) is 2.43. The van der Waals surface area contributed by atoms with Crippen LogP contribution in [0.25, 0.3) is 0 Å². The van der Waals surface area contributed by atoms with Crippen molar-refractivity contribution >= 4 is 6.29 Å². The molecule has 1 radical (unpaired) electrons. The molecule has 0 spiro atoms. The molecular weight excluding hydrogens is 106 g/mol. The molecule has 0 aromatic carbocycles. The maximum atomic E-state index is 9.71. The lowest BCUT2D eigenvalue weighted by Gasteiger charge is -1.98. The van der Waals surface area contributed by atoms with Gasteiger partial charge in [0.1, 0.15) is 0 Å². The molecule has 0 saturated heterocycles. The molecule has 0 aromatic heterocycles. The Morgan fingerprint density at radius 1 is 1.88 bits per heavy atom. The van der Waals surface area contributed by atoms with Gasteiger partial charge in [-0.25, -0.2) is 0 Å². The number of methoxy groups -OCH3 is 1. The Labute approximate surface area is 48.8 Å². The van der Waals surface area contributed by atoms with Crippen LogP contribution in [0, 0.1) is 0 Å². The fourth-order valence-corrected chi connectivity index (χ4v) is 0.304. The molecule has 0 rings (SSSR count). The van der Waals surface area contributed by atoms with E-state index in [1.54, 1.807) is 13.4 Å². The monoisotopic (exact) mass is 116 g/mol. The van der Waals surface area contributed by atoms with E-state index >= 15 is 0 Å². The summed E-state index contributed by atoms with van der Waals surface area (Å²) in [4.78, 5) is 9.71. The number of hydrogen-bond acceptors (Lipinski definition) is 3. The van der Waals surface area contributed by atoms with Gasteiger partial charge in [-0.2, -0.15) is 0 Å². The first-order valence-electron chi connectivity index (χ1n) is 2.43. The number of nitrogens with two attached hydrogens (primary N) is 1. The largest absolute Gasteiger partial charge is 0.385 e. The molecular formula is C5H10NO2. The summed E-state index contributed by atoms with van der Waals surface area (Å²) in [5.74, 6) is 0. The Balaban J connectivity index is 2.98. The summed E-state index contributed by atoms with van der Waals surface area (Å²) in [5, 5.41) is 0. The molecule has 0 bridgehead atoms. The summed E-state index contributed by atoms with van der Waals surface area (Å²) in [6.45, 7) is 0.524. The van der Waals surface area contributed by atoms with Crippen LogP contribution in [0.2, 0.25) is 0 Å². The average molecular weight is 116 g/mol. The van der Waals surface area contributed by atoms with Crippen LogP contribution in [0.1, 0.15) is 6.42 Å². The topological polar surface area (TPSA) is 52.3 Å². The molecule has 8 heavy (non-hydrogen) atoms. The zero-order valence-electron chi connectivity index (χ0n) is 4.89. The van der Waals surface area contributed by atoms with E-state index in [1.807, 2.05) is 0 Å². The molecule has 0 aliphatic heterocycles. The molecule has 0 saturated carbocycles. The van der Waals surface area contributed by atoms with Crippen molar-refractivity contribution < 1.29 is 9.53 Å². The summed E-state index contributed by atoms with van der Waals surface area (Å²) in [7, 11) is 1.57. The predicted octanol–water partition coefficient (Wildman–Crippen LogP) is -0.540. The fraction of sp³-hybridized carbons (Fsp3) is 0.800. The lowest BCUT2D eigenvalue weighted by Crippen LogP contribution is -2.22. The maximum absolute atomic E-state index is 9.71. The van der Waals surface area contributed by atoms with Crippen molar-refractivity contribution in [1.82, 2.24) is 0 Å². The smallest absolute Gasteiger partial charge is 0.216 e. The van der Waals surface area contributed by atoms with Crippen LogP contribution in [-0.2, 0) is 9.53 Å². The van der Waals surface area contributed by atoms with Gasteiger partial charge in [-0.1, -0.05) is 0 Å². The van der Waals surface area contributed by atoms with Crippen molar-refractivity contribution in [3.05, 3.63) is 0 Å². The molecule has 0 amide bonds. The average Bonchev–Trinajstić information content (AvgIpc) is 1.83. The molecule has 0 aliphatic carbocycles. The highest BCUT2D eigenvalue weighted by Crippen LogP contribution is 1.82. The number of carbonyl (C=O) groups excluding carboxylic acids is 1. The SMILES string of the molecule is COCC[C@@H](N)[C]=O. The van der Waals surface area contributed by atoms with Crippen LogP contribution in [0.4, 0.5) is 0 Å². The van der Waals surface area contributed by atoms with Crippen molar-refractivity contribution in [3.63, 3.8) is 0 Å². The van der Waals surface area contributed by atoms with E-state index in [0.29, 0.717) is 13.0 Å². The van der Waals surface area contributed by atoms with E-state index in [-0.39, 0.29) is 0 Å². The second kappa shape index (κ2) is 4.74. The van der Waals surface area contributed by atoms with Gasteiger partial charge in [0.05, 0.1) is 6.04 Å². The molecule has 47 valence electrons. The van der Waals surface area contributed by atoms with Crippen LogP contribution in [0.5, 0.6) is 0 Å². The summed E-state index contributed by atoms with van der Waals surface area (Å²) >= 11 is 0. The van der Waals surface area contributed by atoms with Gasteiger partial charge >= 0.3 is 0 Å². The first kappa shape index (κ1) is 7.59. The predicted molar refractivity (Wildman–Crippen MR) is 30.2 cm³/mol. The minimum atomic E-state index is -0.477. The van der Waals surface area contributed by atoms with Crippen molar-refractivity contribution in [3.8, 4) is 0 Å². The van der Waals surface area contributed by atoms with E-state index in [0.717, 1.165) is 0 Å². The van der Waals surface area contributed by atoms with Crippen LogP contribution < -0.4 is 5.73 Å². The number of rotatable bonds is 4. The van der Waals surface area contributed by atoms with Crippen molar-refractivity contribution in [1.29, 1.82) is 0 Å². The zero-order chi connectivity index (χ0) is 6.41. The first-order chi connectivity index (χ1) is 3.81. The quantitative estimate of drug-likeness (QED) is 0.536. The third-order valence-electron chi connectivity index (χ3n) is 0.784. The third-order valence-corrected chi connectivity index (χ3v) is 0.784. The van der Waals surface area contributed by atoms with Gasteiger partial charge in [0.25, 0.3) is 0 Å². The molecule has 1 atom stereocenters. The van der Waals surface area contributed by atoms with Gasteiger partial charge < -0.3 is 10.5 Å². The van der Waals surface area contributed by atoms with Crippen molar-refractivity contribution in [2.45, 2.75) is 12.5 Å². The van der Waals surface area contributed by atoms with E-state index in [1.165, 1.54) is 0 Å². The number of ether oxygens (including phenoxy) is 1. The summed E-state index contributed by atoms with van der Waals surface area (Å²) in [6, 6.07) is -0.477. The highest BCUT2D eigenvalue weighted by Gasteiger charge is 1.97. The van der Waals surface area contributed by atoms with Crippen LogP contribution >= 0.6 is 0 Å². The van der Waals surface area contributed by atoms with E-state index in [4.69, 9.17) is 5.73 Å². The minimum absolute atomic E-state index is 0.477. The van der Waals surface area contributed by atoms with Crippen LogP contribution in [0.3, 0.4) is 0 Å². The Bertz CT molecular complexity index is 65.4. The van der Waals surface area contributed by atoms with Gasteiger partial charge in [-0.05, 0) is 6.42 Å². The maximum Gasteiger partial charge on any atom is 0.216 e. The minimum Gasteiger partial charge on any atom is -0.385 e. The normalized spacial score (nSPS) is 13.2. The molecule has 0 heterocycles. The molecule has 0 unspecified atom stereocenters. The van der Waals surface area contributed by atoms with Crippen molar-refractivity contribution in [2.75, 3.05) is 13.7 Å². The second-order valence-corrected chi connectivity index (χ2v) is 1.51. The van der Waals surface area contributed by atoms with E-state index in [2.05, 4.69) is 4.74 Å². The Morgan fingerprint density at radius 3 is 2.88 bits per heavy atom. The van der Waals surface area contributed by atoms with Gasteiger partial charge in [-0.15, -0.1) is 0 Å². The highest BCUT2D eigenvalue weighted by molar-refractivity contribution is 5.57. The summed E-state index contributed by atoms with van der Waals surface area (Å²) in [6.07, 6.45) is 2.20. The van der Waals surface area contributed by atoms with Crippen LogP contribution in [-0.4, -0.2) is 26.0 Å². The molecule has 0 aliphatic rings. The highest BCUT2D eigenvalue weighted by atomic mass is 16.5. The zero-order valence-corrected chi connectivity index (χ0v) is 4.89. The Hall–Kier alpha value is -0.410. The number of hydrogen-bond donors (Lipinski definition) is 1. The lowest BCUT2D eigenvalue weighted by molar-refractivity contribution is 0.193. The van der Waals surface area contributed by atoms with Gasteiger partial charge in [0.15, 0.2) is 0 Å². The molecule has 3 heteroatoms. The van der Waals surface area contributed by atoms with Crippen LogP contribution in [0.15, 0.2) is 0 Å². The Morgan fingerprint density at radius 2 is 2.50 bits per heavy atom. The Kier molecular flexibility index (Phi) is 4.50. The molecule has 0 fully saturated rings. The van der Waals surface area contributed by atoms with E-state index < -0.39 is 6.04 Å².